The van der Waals surface area contributed by atoms with Crippen molar-refractivity contribution >= 4 is 0 Å². The minimum absolute atomic E-state index is 0.147. The summed E-state index contributed by atoms with van der Waals surface area (Å²) in [6.45, 7) is 4.37. The van der Waals surface area contributed by atoms with Crippen molar-refractivity contribution in [3.63, 3.8) is 0 Å². The predicted molar refractivity (Wildman–Crippen MR) is 64.4 cm³/mol. The van der Waals surface area contributed by atoms with Gasteiger partial charge in [0, 0.05) is 6.61 Å². The molecule has 3 heteroatoms. The molecule has 2 rings (SSSR count). The monoisotopic (exact) mass is 238 g/mol. The summed E-state index contributed by atoms with van der Waals surface area (Å²) < 4.78 is 18.8. The number of aliphatic hydroxyl groups is 1. The van der Waals surface area contributed by atoms with E-state index >= 15 is 0 Å². The fourth-order valence-corrected chi connectivity index (χ4v) is 2.59. The highest BCUT2D eigenvalue weighted by Gasteiger charge is 2.26. The summed E-state index contributed by atoms with van der Waals surface area (Å²) >= 11 is 0. The molecule has 1 heterocycles. The van der Waals surface area contributed by atoms with Crippen LogP contribution in [0.2, 0.25) is 0 Å². The zero-order valence-electron chi connectivity index (χ0n) is 10.4. The molecule has 2 nitrogen and oxygen atoms in total. The second kappa shape index (κ2) is 5.15. The van der Waals surface area contributed by atoms with Crippen LogP contribution in [-0.2, 0) is 4.74 Å². The lowest BCUT2D eigenvalue weighted by atomic mass is 9.92. The third-order valence-corrected chi connectivity index (χ3v) is 3.42. The maximum atomic E-state index is 13.2. The van der Waals surface area contributed by atoms with E-state index in [1.54, 1.807) is 0 Å². The predicted octanol–water partition coefficient (Wildman–Crippen LogP) is 3.05. The third kappa shape index (κ3) is 2.67. The van der Waals surface area contributed by atoms with Crippen molar-refractivity contribution in [2.75, 3.05) is 6.61 Å². The molecule has 1 aromatic rings. The summed E-state index contributed by atoms with van der Waals surface area (Å²) in [5.74, 6) is -0.250. The average molecular weight is 238 g/mol. The van der Waals surface area contributed by atoms with Crippen LogP contribution in [0.5, 0.6) is 0 Å². The minimum Gasteiger partial charge on any atom is -0.386 e. The Bertz CT molecular complexity index is 374. The lowest BCUT2D eigenvalue weighted by Crippen LogP contribution is -2.27. The molecule has 0 radical (unpaired) electrons. The Morgan fingerprint density at radius 3 is 2.47 bits per heavy atom. The molecule has 0 aliphatic carbocycles. The summed E-state index contributed by atoms with van der Waals surface area (Å²) in [6, 6.07) is 2.93. The SMILES string of the molecule is Cc1cc(F)cc(C)c1C(O)C1CCCCO1. The van der Waals surface area contributed by atoms with Crippen molar-refractivity contribution in [3.8, 4) is 0 Å². The standard InChI is InChI=1S/C14H19FO2/c1-9-7-11(15)8-10(2)13(9)14(16)12-5-3-4-6-17-12/h7-8,12,14,16H,3-6H2,1-2H3. The Hall–Kier alpha value is -0.930. The zero-order valence-corrected chi connectivity index (χ0v) is 10.4. The van der Waals surface area contributed by atoms with Gasteiger partial charge >= 0.3 is 0 Å². The number of hydrogen-bond donors (Lipinski definition) is 1. The van der Waals surface area contributed by atoms with Gasteiger partial charge in [0.2, 0.25) is 0 Å². The molecule has 0 saturated carbocycles. The van der Waals surface area contributed by atoms with Crippen LogP contribution in [0.1, 0.15) is 42.1 Å². The molecule has 1 aromatic carbocycles. The fraction of sp³-hybridized carbons (Fsp3) is 0.571. The van der Waals surface area contributed by atoms with Crippen LogP contribution < -0.4 is 0 Å². The molecule has 2 atom stereocenters. The van der Waals surface area contributed by atoms with E-state index in [1.165, 1.54) is 12.1 Å². The van der Waals surface area contributed by atoms with E-state index in [4.69, 9.17) is 4.74 Å². The highest BCUT2D eigenvalue weighted by molar-refractivity contribution is 5.36. The van der Waals surface area contributed by atoms with Gasteiger partial charge in [-0.15, -0.1) is 0 Å². The number of aryl methyl sites for hydroxylation is 2. The minimum atomic E-state index is -0.643. The van der Waals surface area contributed by atoms with E-state index in [2.05, 4.69) is 0 Å². The van der Waals surface area contributed by atoms with Crippen LogP contribution in [0.25, 0.3) is 0 Å². The first-order valence-corrected chi connectivity index (χ1v) is 6.16. The number of halogens is 1. The third-order valence-electron chi connectivity index (χ3n) is 3.42. The number of rotatable bonds is 2. The Labute approximate surface area is 101 Å². The van der Waals surface area contributed by atoms with E-state index in [0.717, 1.165) is 36.0 Å². The molecule has 2 unspecified atom stereocenters. The number of benzene rings is 1. The molecule has 0 spiro atoms. The van der Waals surface area contributed by atoms with Gasteiger partial charge in [-0.1, -0.05) is 0 Å². The van der Waals surface area contributed by atoms with Crippen LogP contribution in [-0.4, -0.2) is 17.8 Å². The summed E-state index contributed by atoms with van der Waals surface area (Å²) in [5.41, 5.74) is 2.41. The van der Waals surface area contributed by atoms with Gasteiger partial charge in [-0.25, -0.2) is 4.39 Å². The van der Waals surface area contributed by atoms with Crippen LogP contribution in [0.15, 0.2) is 12.1 Å². The van der Waals surface area contributed by atoms with E-state index < -0.39 is 6.10 Å². The fourth-order valence-electron chi connectivity index (χ4n) is 2.59. The average Bonchev–Trinajstić information content (AvgIpc) is 2.28. The smallest absolute Gasteiger partial charge is 0.123 e. The van der Waals surface area contributed by atoms with Crippen molar-refractivity contribution in [2.45, 2.75) is 45.3 Å². The van der Waals surface area contributed by atoms with Gasteiger partial charge < -0.3 is 9.84 Å². The van der Waals surface area contributed by atoms with Gasteiger partial charge in [0.1, 0.15) is 11.9 Å². The molecule has 0 amide bonds. The maximum Gasteiger partial charge on any atom is 0.123 e. The molecular formula is C14H19FO2. The van der Waals surface area contributed by atoms with Gasteiger partial charge in [-0.3, -0.25) is 0 Å². The van der Waals surface area contributed by atoms with Crippen LogP contribution in [0.4, 0.5) is 4.39 Å². The summed E-state index contributed by atoms with van der Waals surface area (Å²) in [5, 5.41) is 10.4. The second-order valence-electron chi connectivity index (χ2n) is 4.80. The molecule has 0 aromatic heterocycles. The van der Waals surface area contributed by atoms with Gasteiger partial charge in [0.25, 0.3) is 0 Å². The van der Waals surface area contributed by atoms with Crippen molar-refractivity contribution in [1.29, 1.82) is 0 Å². The molecular weight excluding hydrogens is 219 g/mol. The quantitative estimate of drug-likeness (QED) is 0.858. The van der Waals surface area contributed by atoms with Gasteiger partial charge in [0.15, 0.2) is 0 Å². The van der Waals surface area contributed by atoms with Gasteiger partial charge in [0.05, 0.1) is 6.10 Å². The van der Waals surface area contributed by atoms with Crippen molar-refractivity contribution in [3.05, 3.63) is 34.6 Å². The maximum absolute atomic E-state index is 13.2. The highest BCUT2D eigenvalue weighted by Crippen LogP contribution is 2.30. The normalized spacial score (nSPS) is 22.5. The number of aliphatic hydroxyl groups excluding tert-OH is 1. The zero-order chi connectivity index (χ0) is 12.4. The van der Waals surface area contributed by atoms with Crippen molar-refractivity contribution < 1.29 is 14.2 Å². The summed E-state index contributed by atoms with van der Waals surface area (Å²) in [6.07, 6.45) is 2.23. The molecule has 1 aliphatic rings. The van der Waals surface area contributed by atoms with Crippen LogP contribution in [0.3, 0.4) is 0 Å². The Kier molecular flexibility index (Phi) is 3.79. The lowest BCUT2D eigenvalue weighted by molar-refractivity contribution is -0.0637. The first kappa shape index (κ1) is 12.5. The van der Waals surface area contributed by atoms with Crippen LogP contribution >= 0.6 is 0 Å². The van der Waals surface area contributed by atoms with Crippen molar-refractivity contribution in [2.24, 2.45) is 0 Å². The van der Waals surface area contributed by atoms with E-state index in [9.17, 15) is 9.50 Å². The lowest BCUT2D eigenvalue weighted by Gasteiger charge is -2.29. The van der Waals surface area contributed by atoms with Crippen molar-refractivity contribution in [1.82, 2.24) is 0 Å². The molecule has 17 heavy (non-hydrogen) atoms. The summed E-state index contributed by atoms with van der Waals surface area (Å²) in [7, 11) is 0. The Morgan fingerprint density at radius 1 is 1.29 bits per heavy atom. The first-order chi connectivity index (χ1) is 8.09. The molecule has 94 valence electrons. The summed E-state index contributed by atoms with van der Waals surface area (Å²) in [4.78, 5) is 0. The number of hydrogen-bond acceptors (Lipinski definition) is 2. The van der Waals surface area contributed by atoms with Gasteiger partial charge in [-0.2, -0.15) is 0 Å². The molecule has 1 aliphatic heterocycles. The Morgan fingerprint density at radius 2 is 1.94 bits per heavy atom. The molecule has 1 fully saturated rings. The molecule has 1 saturated heterocycles. The Balaban J connectivity index is 2.26. The molecule has 1 N–H and O–H groups in total. The largest absolute Gasteiger partial charge is 0.386 e. The number of ether oxygens (including phenoxy) is 1. The second-order valence-corrected chi connectivity index (χ2v) is 4.80. The highest BCUT2D eigenvalue weighted by atomic mass is 19.1. The van der Waals surface area contributed by atoms with E-state index in [0.29, 0.717) is 6.61 Å². The van der Waals surface area contributed by atoms with E-state index in [-0.39, 0.29) is 11.9 Å². The van der Waals surface area contributed by atoms with Crippen LogP contribution in [0, 0.1) is 19.7 Å². The van der Waals surface area contributed by atoms with E-state index in [1.807, 2.05) is 13.8 Å². The topological polar surface area (TPSA) is 29.5 Å². The first-order valence-electron chi connectivity index (χ1n) is 6.16. The molecule has 0 bridgehead atoms. The van der Waals surface area contributed by atoms with Gasteiger partial charge in [-0.05, 0) is 61.9 Å².